The van der Waals surface area contributed by atoms with Gasteiger partial charge in [0.1, 0.15) is 5.82 Å². The van der Waals surface area contributed by atoms with Gasteiger partial charge in [0.2, 0.25) is 5.91 Å². The lowest BCUT2D eigenvalue weighted by molar-refractivity contribution is -0.124. The van der Waals surface area contributed by atoms with E-state index >= 15 is 0 Å². The minimum Gasteiger partial charge on any atom is -0.354 e. The van der Waals surface area contributed by atoms with Gasteiger partial charge in [-0.15, -0.1) is 0 Å². The Labute approximate surface area is 166 Å². The van der Waals surface area contributed by atoms with Crippen LogP contribution in [0.1, 0.15) is 16.7 Å². The molecule has 0 atom stereocenters. The molecule has 5 nitrogen and oxygen atoms in total. The van der Waals surface area contributed by atoms with Gasteiger partial charge in [-0.1, -0.05) is 42.0 Å². The lowest BCUT2D eigenvalue weighted by atomic mass is 10.1. The summed E-state index contributed by atoms with van der Waals surface area (Å²) in [6.45, 7) is 2.25. The second-order valence-corrected chi connectivity index (χ2v) is 7.39. The fraction of sp³-hybridized carbons (Fsp3) is 0.190. The number of hydrogen-bond donors (Lipinski definition) is 1. The maximum absolute atomic E-state index is 13.0. The number of thioether (sulfide) groups is 1. The Morgan fingerprint density at radius 2 is 1.93 bits per heavy atom. The van der Waals surface area contributed by atoms with Gasteiger partial charge in [0.25, 0.3) is 11.1 Å². The van der Waals surface area contributed by atoms with Crippen molar-refractivity contribution in [3.05, 3.63) is 75.9 Å². The molecular weight excluding hydrogens is 379 g/mol. The first kappa shape index (κ1) is 19.8. The number of carbonyl (C=O) groups excluding carboxylic acids is 3. The zero-order valence-electron chi connectivity index (χ0n) is 15.3. The molecule has 0 aromatic heterocycles. The Morgan fingerprint density at radius 3 is 2.64 bits per heavy atom. The van der Waals surface area contributed by atoms with Crippen molar-refractivity contribution < 1.29 is 18.8 Å². The molecule has 0 spiro atoms. The maximum Gasteiger partial charge on any atom is 0.293 e. The van der Waals surface area contributed by atoms with Crippen molar-refractivity contribution in [2.75, 3.05) is 13.1 Å². The van der Waals surface area contributed by atoms with Crippen molar-refractivity contribution in [2.45, 2.75) is 13.3 Å². The average Bonchev–Trinajstić information content (AvgIpc) is 2.91. The van der Waals surface area contributed by atoms with E-state index in [0.717, 1.165) is 27.8 Å². The fourth-order valence-electron chi connectivity index (χ4n) is 2.78. The van der Waals surface area contributed by atoms with Gasteiger partial charge in [-0.2, -0.15) is 0 Å². The Morgan fingerprint density at radius 1 is 1.18 bits per heavy atom. The third kappa shape index (κ3) is 5.07. The number of amides is 3. The summed E-state index contributed by atoms with van der Waals surface area (Å²) < 4.78 is 13.0. The number of halogens is 1. The van der Waals surface area contributed by atoms with E-state index in [0.29, 0.717) is 5.56 Å². The van der Waals surface area contributed by atoms with Crippen LogP contribution >= 0.6 is 11.8 Å². The number of aryl methyl sites for hydroxylation is 1. The number of benzene rings is 2. The summed E-state index contributed by atoms with van der Waals surface area (Å²) in [5.74, 6) is -0.946. The predicted molar refractivity (Wildman–Crippen MR) is 107 cm³/mol. The Bertz CT molecular complexity index is 941. The van der Waals surface area contributed by atoms with E-state index in [-0.39, 0.29) is 41.4 Å². The molecule has 3 amide bonds. The molecule has 3 rings (SSSR count). The highest BCUT2D eigenvalue weighted by atomic mass is 32.2. The molecule has 1 saturated heterocycles. The molecule has 2 aromatic rings. The lowest BCUT2D eigenvalue weighted by Gasteiger charge is -2.13. The van der Waals surface area contributed by atoms with Crippen molar-refractivity contribution in [2.24, 2.45) is 0 Å². The van der Waals surface area contributed by atoms with Crippen LogP contribution in [0.3, 0.4) is 0 Å². The first-order chi connectivity index (χ1) is 13.4. The van der Waals surface area contributed by atoms with Crippen LogP contribution in [0.4, 0.5) is 9.18 Å². The third-order valence-corrected chi connectivity index (χ3v) is 5.05. The van der Waals surface area contributed by atoms with Crippen LogP contribution in [0.2, 0.25) is 0 Å². The molecule has 0 aliphatic carbocycles. The molecule has 28 heavy (non-hydrogen) atoms. The van der Waals surface area contributed by atoms with Gasteiger partial charge in [-0.05, 0) is 48.0 Å². The number of hydrogen-bond acceptors (Lipinski definition) is 4. The summed E-state index contributed by atoms with van der Waals surface area (Å²) in [7, 11) is 0. The van der Waals surface area contributed by atoms with Crippen LogP contribution in [-0.2, 0) is 16.0 Å². The maximum atomic E-state index is 13.0. The highest BCUT2D eigenvalue weighted by Gasteiger charge is 2.34. The first-order valence-corrected chi connectivity index (χ1v) is 9.57. The van der Waals surface area contributed by atoms with Gasteiger partial charge < -0.3 is 5.32 Å². The quantitative estimate of drug-likeness (QED) is 0.756. The van der Waals surface area contributed by atoms with Crippen LogP contribution in [0.5, 0.6) is 0 Å². The van der Waals surface area contributed by atoms with Crippen LogP contribution in [0.15, 0.2) is 53.4 Å². The Kier molecular flexibility index (Phi) is 6.26. The molecule has 1 fully saturated rings. The van der Waals surface area contributed by atoms with Crippen LogP contribution in [0.25, 0.3) is 6.08 Å². The van der Waals surface area contributed by atoms with Gasteiger partial charge in [0, 0.05) is 13.1 Å². The number of imide groups is 1. The van der Waals surface area contributed by atoms with Crippen LogP contribution in [0, 0.1) is 12.7 Å². The number of nitrogens with zero attached hydrogens (tertiary/aromatic N) is 1. The van der Waals surface area contributed by atoms with Gasteiger partial charge in [0.15, 0.2) is 0 Å². The van der Waals surface area contributed by atoms with Gasteiger partial charge in [0.05, 0.1) is 11.3 Å². The van der Waals surface area contributed by atoms with E-state index in [1.54, 1.807) is 6.08 Å². The molecule has 144 valence electrons. The van der Waals surface area contributed by atoms with E-state index in [2.05, 4.69) is 5.32 Å². The van der Waals surface area contributed by atoms with E-state index < -0.39 is 5.91 Å². The number of carbonyl (C=O) groups is 3. The van der Waals surface area contributed by atoms with Crippen molar-refractivity contribution in [3.63, 3.8) is 0 Å². The molecular formula is C21H19FN2O3S. The van der Waals surface area contributed by atoms with Crippen LogP contribution < -0.4 is 5.32 Å². The molecule has 1 aliphatic rings. The number of nitrogens with one attached hydrogen (secondary N) is 1. The standard InChI is InChI=1S/C21H19FN2O3S/c1-14-3-2-4-16(11-14)13-19(25)23-9-10-24-20(26)18(28-21(24)27)12-15-5-7-17(22)8-6-15/h2-8,11-12H,9-10,13H2,1H3,(H,23,25)/b18-12+. The Balaban J connectivity index is 1.53. The normalized spacial score (nSPS) is 15.4. The monoisotopic (exact) mass is 398 g/mol. The number of rotatable bonds is 6. The molecule has 0 radical (unpaired) electrons. The highest BCUT2D eigenvalue weighted by molar-refractivity contribution is 8.18. The van der Waals surface area contributed by atoms with Gasteiger partial charge in [-0.3, -0.25) is 19.3 Å². The average molecular weight is 398 g/mol. The van der Waals surface area contributed by atoms with Crippen molar-refractivity contribution in [1.82, 2.24) is 10.2 Å². The van der Waals surface area contributed by atoms with E-state index in [1.807, 2.05) is 31.2 Å². The van der Waals surface area contributed by atoms with Crippen molar-refractivity contribution in [3.8, 4) is 0 Å². The summed E-state index contributed by atoms with van der Waals surface area (Å²) >= 11 is 0.836. The molecule has 0 unspecified atom stereocenters. The largest absolute Gasteiger partial charge is 0.354 e. The molecule has 7 heteroatoms. The topological polar surface area (TPSA) is 66.5 Å². The lowest BCUT2D eigenvalue weighted by Crippen LogP contribution is -2.37. The second kappa shape index (κ2) is 8.84. The van der Waals surface area contributed by atoms with Crippen molar-refractivity contribution >= 4 is 34.9 Å². The SMILES string of the molecule is Cc1cccc(CC(=O)NCCN2C(=O)S/C(=C/c3ccc(F)cc3)C2=O)c1. The molecule has 1 aliphatic heterocycles. The minimum absolute atomic E-state index is 0.102. The van der Waals surface area contributed by atoms with E-state index in [1.165, 1.54) is 24.3 Å². The zero-order valence-corrected chi connectivity index (χ0v) is 16.1. The van der Waals surface area contributed by atoms with Crippen molar-refractivity contribution in [1.29, 1.82) is 0 Å². The zero-order chi connectivity index (χ0) is 20.1. The summed E-state index contributed by atoms with van der Waals surface area (Å²) in [4.78, 5) is 38.0. The van der Waals surface area contributed by atoms with Gasteiger partial charge >= 0.3 is 0 Å². The molecule has 2 aromatic carbocycles. The molecule has 1 N–H and O–H groups in total. The van der Waals surface area contributed by atoms with E-state index in [4.69, 9.17) is 0 Å². The molecule has 1 heterocycles. The summed E-state index contributed by atoms with van der Waals surface area (Å²) in [5, 5.41) is 2.35. The Hall–Kier alpha value is -2.93. The minimum atomic E-state index is -0.410. The third-order valence-electron chi connectivity index (χ3n) is 4.15. The van der Waals surface area contributed by atoms with Crippen LogP contribution in [-0.4, -0.2) is 35.0 Å². The summed E-state index contributed by atoms with van der Waals surface area (Å²) in [5.41, 5.74) is 2.63. The predicted octanol–water partition coefficient (Wildman–Crippen LogP) is 3.53. The molecule has 0 saturated carbocycles. The first-order valence-electron chi connectivity index (χ1n) is 8.75. The fourth-order valence-corrected chi connectivity index (χ4v) is 3.65. The van der Waals surface area contributed by atoms with E-state index in [9.17, 15) is 18.8 Å². The highest BCUT2D eigenvalue weighted by Crippen LogP contribution is 2.31. The smallest absolute Gasteiger partial charge is 0.293 e. The summed E-state index contributed by atoms with van der Waals surface area (Å²) in [6, 6.07) is 13.3. The molecule has 0 bridgehead atoms. The summed E-state index contributed by atoms with van der Waals surface area (Å²) in [6.07, 6.45) is 1.80. The van der Waals surface area contributed by atoms with Gasteiger partial charge in [-0.25, -0.2) is 4.39 Å². The second-order valence-electron chi connectivity index (χ2n) is 6.40.